The zero-order chi connectivity index (χ0) is 23.0. The number of alkyl halides is 3. The van der Waals surface area contributed by atoms with Crippen LogP contribution in [-0.2, 0) is 23.2 Å². The van der Waals surface area contributed by atoms with Crippen LogP contribution in [0.1, 0.15) is 11.3 Å². The van der Waals surface area contributed by atoms with E-state index in [0.717, 1.165) is 22.7 Å². The van der Waals surface area contributed by atoms with Gasteiger partial charge in [-0.15, -0.1) is 0 Å². The fourth-order valence-corrected chi connectivity index (χ4v) is 3.25. The number of nitrogens with zero attached hydrogens (tertiary/aromatic N) is 5. The van der Waals surface area contributed by atoms with Crippen LogP contribution in [0.5, 0.6) is 5.75 Å². The van der Waals surface area contributed by atoms with Gasteiger partial charge in [0.1, 0.15) is 23.9 Å². The number of imidazole rings is 1. The Morgan fingerprint density at radius 1 is 1.29 bits per heavy atom. The van der Waals surface area contributed by atoms with E-state index in [-0.39, 0.29) is 30.1 Å². The highest BCUT2D eigenvalue weighted by atomic mass is 32.2. The van der Waals surface area contributed by atoms with E-state index in [1.54, 1.807) is 17.7 Å². The van der Waals surface area contributed by atoms with E-state index in [9.17, 15) is 26.9 Å². The van der Waals surface area contributed by atoms with Gasteiger partial charge in [0.2, 0.25) is 10.0 Å². The number of benzene rings is 1. The lowest BCUT2D eigenvalue weighted by Gasteiger charge is -2.18. The molecule has 0 N–H and O–H groups in total. The summed E-state index contributed by atoms with van der Waals surface area (Å²) in [6.45, 7) is -0.369. The van der Waals surface area contributed by atoms with Crippen molar-refractivity contribution in [1.29, 1.82) is 5.26 Å². The van der Waals surface area contributed by atoms with Gasteiger partial charge in [0, 0.05) is 26.2 Å². The minimum Gasteiger partial charge on any atom is -0.492 e. The summed E-state index contributed by atoms with van der Waals surface area (Å²) in [5, 5.41) is 9.33. The summed E-state index contributed by atoms with van der Waals surface area (Å²) in [6.07, 6.45) is -2.24. The van der Waals surface area contributed by atoms with Gasteiger partial charge in [0.25, 0.3) is 0 Å². The maximum absolute atomic E-state index is 13.7. The smallest absolute Gasteiger partial charge is 0.419 e. The number of aryl methyl sites for hydroxylation is 1. The summed E-state index contributed by atoms with van der Waals surface area (Å²) in [5.41, 5.74) is 0.219. The third-order valence-corrected chi connectivity index (χ3v) is 5.94. The van der Waals surface area contributed by atoms with Gasteiger partial charge in [-0.1, -0.05) is 0 Å². The molecule has 1 aromatic carbocycles. The number of likely N-dealkylation sites (N-methyl/N-ethyl adjacent to an activating group) is 1. The average molecular weight is 453 g/mol. The first-order valence-electron chi connectivity index (χ1n) is 8.89. The highest BCUT2D eigenvalue weighted by Gasteiger charge is 2.35. The van der Waals surface area contributed by atoms with E-state index in [4.69, 9.17) is 4.74 Å². The Hall–Kier alpha value is -3.17. The summed E-state index contributed by atoms with van der Waals surface area (Å²) in [6, 6.07) is 6.91. The molecule has 8 nitrogen and oxygen atoms in total. The first-order chi connectivity index (χ1) is 14.4. The summed E-state index contributed by atoms with van der Waals surface area (Å²) >= 11 is 0. The van der Waals surface area contributed by atoms with E-state index in [0.29, 0.717) is 11.0 Å². The number of ether oxygens (including phenoxy) is 1. The Balaban J connectivity index is 1.98. The number of aromatic nitrogens is 3. The molecule has 3 aromatic rings. The lowest BCUT2D eigenvalue weighted by Crippen LogP contribution is -2.30. The van der Waals surface area contributed by atoms with Crippen molar-refractivity contribution in [3.8, 4) is 23.1 Å². The fourth-order valence-electron chi connectivity index (χ4n) is 2.84. The lowest BCUT2D eigenvalue weighted by atomic mass is 10.1. The van der Waals surface area contributed by atoms with Crippen molar-refractivity contribution >= 4 is 21.1 Å². The molecule has 31 heavy (non-hydrogen) atoms. The van der Waals surface area contributed by atoms with Gasteiger partial charge in [0.05, 0.1) is 29.4 Å². The van der Waals surface area contributed by atoms with Crippen LogP contribution in [0.3, 0.4) is 0 Å². The third-order valence-electron chi connectivity index (χ3n) is 4.63. The molecule has 0 saturated heterocycles. The highest BCUT2D eigenvalue weighted by Crippen LogP contribution is 2.39. The number of hydrogen-bond donors (Lipinski definition) is 0. The average Bonchev–Trinajstić information content (AvgIpc) is 3.06. The van der Waals surface area contributed by atoms with Crippen molar-refractivity contribution in [3.63, 3.8) is 0 Å². The van der Waals surface area contributed by atoms with Crippen molar-refractivity contribution < 1.29 is 26.3 Å². The van der Waals surface area contributed by atoms with Crippen molar-refractivity contribution in [2.75, 3.05) is 26.5 Å². The predicted molar refractivity (Wildman–Crippen MR) is 107 cm³/mol. The Kier molecular flexibility index (Phi) is 5.93. The van der Waals surface area contributed by atoms with E-state index in [1.807, 2.05) is 6.07 Å². The van der Waals surface area contributed by atoms with Gasteiger partial charge < -0.3 is 9.30 Å². The molecule has 0 unspecified atom stereocenters. The van der Waals surface area contributed by atoms with Gasteiger partial charge in [-0.25, -0.2) is 22.7 Å². The molecule has 2 heterocycles. The van der Waals surface area contributed by atoms with Gasteiger partial charge in [-0.3, -0.25) is 0 Å². The zero-order valence-corrected chi connectivity index (χ0v) is 17.6. The molecule has 12 heteroatoms. The second kappa shape index (κ2) is 8.16. The van der Waals surface area contributed by atoms with Gasteiger partial charge in [-0.05, 0) is 24.3 Å². The Morgan fingerprint density at radius 3 is 2.61 bits per heavy atom. The van der Waals surface area contributed by atoms with Crippen LogP contribution in [0.4, 0.5) is 13.2 Å². The number of sulfonamides is 1. The third kappa shape index (κ3) is 4.78. The summed E-state index contributed by atoms with van der Waals surface area (Å²) in [7, 11) is -0.467. The van der Waals surface area contributed by atoms with Crippen LogP contribution >= 0.6 is 0 Å². The Labute approximate surface area is 176 Å². The Bertz CT molecular complexity index is 1280. The van der Waals surface area contributed by atoms with Gasteiger partial charge >= 0.3 is 6.18 Å². The molecule has 0 amide bonds. The maximum Gasteiger partial charge on any atom is 0.419 e. The molecule has 0 fully saturated rings. The number of pyridine rings is 1. The quantitative estimate of drug-likeness (QED) is 0.569. The normalized spacial score (nSPS) is 12.3. The van der Waals surface area contributed by atoms with Crippen LogP contribution in [-0.4, -0.2) is 53.7 Å². The molecule has 2 aromatic heterocycles. The number of nitriles is 1. The molecule has 3 rings (SSSR count). The number of hydrogen-bond acceptors (Lipinski definition) is 6. The van der Waals surface area contributed by atoms with Crippen LogP contribution in [0.15, 0.2) is 30.6 Å². The van der Waals surface area contributed by atoms with E-state index in [1.165, 1.54) is 19.4 Å². The monoisotopic (exact) mass is 453 g/mol. The van der Waals surface area contributed by atoms with Crippen molar-refractivity contribution in [3.05, 3.63) is 41.9 Å². The second-order valence-corrected chi connectivity index (χ2v) is 8.92. The van der Waals surface area contributed by atoms with Crippen molar-refractivity contribution in [1.82, 2.24) is 18.8 Å². The predicted octanol–water partition coefficient (Wildman–Crippen LogP) is 2.80. The molecule has 0 aliphatic carbocycles. The standard InChI is InChI=1S/C19H18F3N5O3S/c1-26-11-24-18-15(10-23)25-14(9-16(18)26)12-4-5-17(13(8-12)19(20,21)22)30-7-6-27(2)31(3,28)29/h4-5,8-9,11H,6-7H2,1-3H3. The van der Waals surface area contributed by atoms with Crippen LogP contribution in [0, 0.1) is 11.3 Å². The number of rotatable bonds is 6. The van der Waals surface area contributed by atoms with Crippen LogP contribution in [0.2, 0.25) is 0 Å². The molecule has 0 aliphatic rings. The van der Waals surface area contributed by atoms with Crippen molar-refractivity contribution in [2.24, 2.45) is 7.05 Å². The van der Waals surface area contributed by atoms with Crippen molar-refractivity contribution in [2.45, 2.75) is 6.18 Å². The van der Waals surface area contributed by atoms with Gasteiger partial charge in [-0.2, -0.15) is 18.4 Å². The van der Waals surface area contributed by atoms with E-state index in [2.05, 4.69) is 9.97 Å². The molecular weight excluding hydrogens is 435 g/mol. The number of fused-ring (bicyclic) bond motifs is 1. The van der Waals surface area contributed by atoms with E-state index >= 15 is 0 Å². The number of halogens is 3. The molecule has 0 saturated carbocycles. The molecular formula is C19H18F3N5O3S. The summed E-state index contributed by atoms with van der Waals surface area (Å²) < 4.78 is 71.6. The molecule has 164 valence electrons. The van der Waals surface area contributed by atoms with Gasteiger partial charge in [0.15, 0.2) is 5.69 Å². The largest absolute Gasteiger partial charge is 0.492 e. The fraction of sp³-hybridized carbons (Fsp3) is 0.316. The first-order valence-corrected chi connectivity index (χ1v) is 10.7. The minimum atomic E-state index is -4.72. The van der Waals surface area contributed by atoms with Crippen LogP contribution in [0.25, 0.3) is 22.3 Å². The summed E-state index contributed by atoms with van der Waals surface area (Å²) in [4.78, 5) is 8.24. The molecule has 0 bridgehead atoms. The SMILES string of the molecule is CN(CCOc1ccc(-c2cc3c(ncn3C)c(C#N)n2)cc1C(F)(F)F)S(C)(=O)=O. The second-order valence-electron chi connectivity index (χ2n) is 6.83. The molecule has 0 aliphatic heterocycles. The molecule has 0 spiro atoms. The highest BCUT2D eigenvalue weighted by molar-refractivity contribution is 7.88. The first kappa shape index (κ1) is 22.5. The molecule has 0 radical (unpaired) electrons. The Morgan fingerprint density at radius 2 is 2.00 bits per heavy atom. The van der Waals surface area contributed by atoms with E-state index < -0.39 is 27.5 Å². The van der Waals surface area contributed by atoms with Crippen LogP contribution < -0.4 is 4.74 Å². The maximum atomic E-state index is 13.7. The summed E-state index contributed by atoms with van der Waals surface area (Å²) in [5.74, 6) is -0.430. The topological polar surface area (TPSA) is 101 Å². The molecule has 0 atom stereocenters. The minimum absolute atomic E-state index is 0.00537. The lowest BCUT2D eigenvalue weighted by molar-refractivity contribution is -0.138. The zero-order valence-electron chi connectivity index (χ0n) is 16.8.